The fourth-order valence-electron chi connectivity index (χ4n) is 10.1. The number of piperidine rings is 1. The maximum absolute atomic E-state index is 13.2. The van der Waals surface area contributed by atoms with Gasteiger partial charge < -0.3 is 29.7 Å². The molecular weight excluding hydrogens is 1320 g/mol. The normalized spacial score (nSPS) is 12.8. The van der Waals surface area contributed by atoms with E-state index in [1.165, 1.54) is 44.0 Å². The van der Waals surface area contributed by atoms with E-state index in [0.717, 1.165) is 61.6 Å². The largest absolute Gasteiger partial charge is 0.497 e. The van der Waals surface area contributed by atoms with Crippen molar-refractivity contribution in [3.05, 3.63) is 128 Å². The van der Waals surface area contributed by atoms with Crippen molar-refractivity contribution in [2.24, 2.45) is 5.92 Å². The highest BCUT2D eigenvalue weighted by molar-refractivity contribution is 7.89. The molecule has 6 aromatic rings. The summed E-state index contributed by atoms with van der Waals surface area (Å²) in [5.74, 6) is 3.57. The Bertz CT molecular complexity index is 3720. The average Bonchev–Trinajstić information content (AvgIpc) is 0.809. The van der Waals surface area contributed by atoms with Crippen LogP contribution < -0.4 is 24.8 Å². The van der Waals surface area contributed by atoms with E-state index in [-0.39, 0.29) is 83.1 Å². The van der Waals surface area contributed by atoms with Crippen molar-refractivity contribution >= 4 is 93.3 Å². The van der Waals surface area contributed by atoms with Gasteiger partial charge >= 0.3 is 0 Å². The Labute approximate surface area is 563 Å². The van der Waals surface area contributed by atoms with Crippen molar-refractivity contribution < 1.29 is 53.8 Å². The molecule has 24 nitrogen and oxygen atoms in total. The SMILES string of the molecule is CCN(CC)CC1CCN(c2ccc(CC(=O)CCN(C)S(=O)(=O)c3c(C)cc(OC)cc3C)nn2)CC1.COc1cc(C)c(S(=O)(=O)N(C)CCC(=O)Cc2ccc(Cl)nn2)c(C)c1.COc1cc(C)c(S(=O)(=O)N(C)CCC(=O)Cl)c(C)c1.Nc1ccc(Cl)nn1. The van der Waals surface area contributed by atoms with Crippen LogP contribution in [0.1, 0.15) is 90.7 Å². The average molecular weight is 1410 g/mol. The van der Waals surface area contributed by atoms with Crippen LogP contribution in [0.3, 0.4) is 0 Å². The molecule has 0 bridgehead atoms. The molecule has 2 N–H and O–H groups in total. The summed E-state index contributed by atoms with van der Waals surface area (Å²) in [7, 11) is -2.10. The number of methoxy groups -OCH3 is 3. The van der Waals surface area contributed by atoms with Crippen LogP contribution in [0.5, 0.6) is 17.2 Å². The van der Waals surface area contributed by atoms with Gasteiger partial charge in [0, 0.05) is 79.7 Å². The topological polar surface area (TPSA) is 301 Å². The molecule has 30 heteroatoms. The number of rotatable bonds is 27. The van der Waals surface area contributed by atoms with Crippen LogP contribution in [0, 0.1) is 47.5 Å². The minimum absolute atomic E-state index is 0.0223. The van der Waals surface area contributed by atoms with Gasteiger partial charge in [0.15, 0.2) is 16.1 Å². The summed E-state index contributed by atoms with van der Waals surface area (Å²) in [4.78, 5) is 41.0. The number of ether oxygens (including phenoxy) is 3. The molecule has 1 fully saturated rings. The number of nitrogen functional groups attached to an aromatic ring is 1. The Morgan fingerprint density at radius 2 is 0.871 bits per heavy atom. The number of aryl methyl sites for hydroxylation is 6. The number of anilines is 2. The van der Waals surface area contributed by atoms with E-state index in [0.29, 0.717) is 73.0 Å². The van der Waals surface area contributed by atoms with Crippen molar-refractivity contribution in [2.75, 3.05) is 105 Å². The first-order valence-corrected chi connectivity index (χ1v) is 35.3. The summed E-state index contributed by atoms with van der Waals surface area (Å²) >= 11 is 16.3. The van der Waals surface area contributed by atoms with Gasteiger partial charge in [-0.15, -0.1) is 20.4 Å². The molecule has 0 unspecified atom stereocenters. The number of ketones is 2. The van der Waals surface area contributed by atoms with E-state index in [1.807, 2.05) is 12.1 Å². The van der Waals surface area contributed by atoms with Crippen molar-refractivity contribution in [3.8, 4) is 17.2 Å². The predicted octanol–water partition coefficient (Wildman–Crippen LogP) is 8.86. The molecule has 3 aromatic carbocycles. The zero-order valence-corrected chi connectivity index (χ0v) is 60.1. The van der Waals surface area contributed by atoms with Gasteiger partial charge in [0.05, 0.1) is 60.2 Å². The van der Waals surface area contributed by atoms with E-state index in [1.54, 1.807) is 109 Å². The molecule has 1 saturated heterocycles. The fraction of sp³-hybridized carbons (Fsp3) is 0.476. The zero-order chi connectivity index (χ0) is 69.5. The van der Waals surface area contributed by atoms with Gasteiger partial charge in [-0.1, -0.05) is 37.0 Å². The Kier molecular flexibility index (Phi) is 31.4. The Balaban J connectivity index is 0.000000292. The molecule has 4 heterocycles. The number of hydrogen-bond donors (Lipinski definition) is 1. The van der Waals surface area contributed by atoms with Crippen molar-refractivity contribution in [3.63, 3.8) is 0 Å². The third-order valence-electron chi connectivity index (χ3n) is 15.2. The van der Waals surface area contributed by atoms with Crippen LogP contribution in [0.4, 0.5) is 11.6 Å². The summed E-state index contributed by atoms with van der Waals surface area (Å²) in [6.07, 6.45) is 2.66. The number of halogens is 3. The Morgan fingerprint density at radius 1 is 0.527 bits per heavy atom. The Morgan fingerprint density at radius 3 is 1.16 bits per heavy atom. The van der Waals surface area contributed by atoms with Crippen LogP contribution >= 0.6 is 34.8 Å². The van der Waals surface area contributed by atoms with Gasteiger partial charge in [-0.2, -0.15) is 10.2 Å². The van der Waals surface area contributed by atoms with Crippen molar-refractivity contribution in [2.45, 2.75) is 115 Å². The first-order valence-electron chi connectivity index (χ1n) is 29.8. The maximum atomic E-state index is 13.2. The lowest BCUT2D eigenvalue weighted by Crippen LogP contribution is -2.39. The number of carbonyl (C=O) groups excluding carboxylic acids is 3. The molecule has 3 aromatic heterocycles. The number of Topliss-reactive ketones (excluding diaryl/α,β-unsaturated/α-hetero) is 2. The highest BCUT2D eigenvalue weighted by Crippen LogP contribution is 2.31. The van der Waals surface area contributed by atoms with Crippen LogP contribution in [0.25, 0.3) is 0 Å². The van der Waals surface area contributed by atoms with Gasteiger partial charge in [-0.25, -0.2) is 38.2 Å². The summed E-state index contributed by atoms with van der Waals surface area (Å²) in [5.41, 5.74) is 9.92. The number of hydrogen-bond acceptors (Lipinski definition) is 21. The third kappa shape index (κ3) is 23.7. The second-order valence-corrected chi connectivity index (χ2v) is 29.4. The molecule has 0 radical (unpaired) electrons. The number of nitrogens with zero attached hydrogens (tertiary/aromatic N) is 11. The van der Waals surface area contributed by atoms with Crippen LogP contribution in [-0.4, -0.2) is 185 Å². The molecule has 0 atom stereocenters. The van der Waals surface area contributed by atoms with Gasteiger partial charge in [0.1, 0.15) is 34.6 Å². The highest BCUT2D eigenvalue weighted by Gasteiger charge is 2.29. The van der Waals surface area contributed by atoms with Crippen molar-refractivity contribution in [1.82, 2.24) is 48.4 Å². The van der Waals surface area contributed by atoms with Crippen LogP contribution in [-0.2, 0) is 57.3 Å². The fourth-order valence-corrected chi connectivity index (χ4v) is 15.1. The molecule has 510 valence electrons. The molecule has 0 aliphatic carbocycles. The van der Waals surface area contributed by atoms with Crippen LogP contribution in [0.15, 0.2) is 87.5 Å². The van der Waals surface area contributed by atoms with Gasteiger partial charge in [0.2, 0.25) is 35.3 Å². The van der Waals surface area contributed by atoms with Crippen LogP contribution in [0.2, 0.25) is 10.3 Å². The third-order valence-corrected chi connectivity index (χ3v) is 22.3. The van der Waals surface area contributed by atoms with Gasteiger partial charge in [-0.05, 0) is 191 Å². The summed E-state index contributed by atoms with van der Waals surface area (Å²) in [6.45, 7) is 20.3. The molecule has 93 heavy (non-hydrogen) atoms. The van der Waals surface area contributed by atoms with E-state index in [9.17, 15) is 39.6 Å². The summed E-state index contributed by atoms with van der Waals surface area (Å²) < 4.78 is 96.3. The minimum Gasteiger partial charge on any atom is -0.497 e. The summed E-state index contributed by atoms with van der Waals surface area (Å²) in [5, 5.41) is 23.2. The van der Waals surface area contributed by atoms with E-state index >= 15 is 0 Å². The quantitative estimate of drug-likeness (QED) is 0.0471. The molecule has 7 rings (SSSR count). The maximum Gasteiger partial charge on any atom is 0.243 e. The molecule has 1 aliphatic heterocycles. The monoisotopic (exact) mass is 1400 g/mol. The number of carbonyl (C=O) groups is 3. The molecule has 1 aliphatic rings. The lowest BCUT2D eigenvalue weighted by atomic mass is 9.96. The molecule has 0 spiro atoms. The number of aromatic nitrogens is 6. The standard InChI is InChI=1S/C28H43N5O4S.C18H22ClN3O4S.C13H18ClNO4S.C4H4ClN3/c1-7-32(8-2)20-23-11-15-33(16-12-23)27-10-9-24(29-30-27)19-25(34)13-14-31(5)38(35,36)28-21(3)17-26(37-6)18-22(28)4;1-12-9-16(26-4)10-13(2)18(12)27(24,25)22(3)8-7-15(23)11-14-5-6-17(19)21-20-14;1-9-7-11(19-4)8-10(2)13(9)20(17,18)15(3)6-5-12(14)16;5-3-1-2-4(6)8-7-3/h9-10,17-18,23H,7-8,11-16,19-20H2,1-6H3;5-6,9-10H,7-8,11H2,1-4H3;7-8H,5-6H2,1-4H3;1-2H,(H2,6,8). The molecular formula is C63H87Cl3N12O12S3. The van der Waals surface area contributed by atoms with Gasteiger partial charge in [-0.3, -0.25) is 14.4 Å². The summed E-state index contributed by atoms with van der Waals surface area (Å²) in [6, 6.07) is 20.3. The minimum atomic E-state index is -3.74. The van der Waals surface area contributed by atoms with Crippen molar-refractivity contribution in [1.29, 1.82) is 0 Å². The Hall–Kier alpha value is -6.53. The molecule has 0 amide bonds. The van der Waals surface area contributed by atoms with E-state index < -0.39 is 35.3 Å². The van der Waals surface area contributed by atoms with E-state index in [2.05, 4.69) is 54.2 Å². The van der Waals surface area contributed by atoms with E-state index in [4.69, 9.17) is 54.7 Å². The molecule has 0 saturated carbocycles. The smallest absolute Gasteiger partial charge is 0.243 e. The zero-order valence-electron chi connectivity index (χ0n) is 55.4. The second kappa shape index (κ2) is 37.0. The lowest BCUT2D eigenvalue weighted by Gasteiger charge is -2.34. The first-order chi connectivity index (χ1) is 43.7. The number of benzene rings is 3. The lowest BCUT2D eigenvalue weighted by molar-refractivity contribution is -0.119. The number of nitrogens with two attached hydrogens (primary N) is 1. The van der Waals surface area contributed by atoms with Gasteiger partial charge in [0.25, 0.3) is 0 Å². The first kappa shape index (κ1) is 78.9. The highest BCUT2D eigenvalue weighted by atomic mass is 35.5. The predicted molar refractivity (Wildman–Crippen MR) is 362 cm³/mol. The number of sulfonamides is 3. The second-order valence-electron chi connectivity index (χ2n) is 22.2.